The molecule has 0 amide bonds. The molecular weight excluding hydrogens is 284 g/mol. The Labute approximate surface area is 130 Å². The molecule has 2 rings (SSSR count). The number of rotatable bonds is 5. The molecule has 0 aliphatic carbocycles. The van der Waals surface area contributed by atoms with E-state index in [2.05, 4.69) is 11.8 Å². The molecule has 0 spiro atoms. The predicted octanol–water partition coefficient (Wildman–Crippen LogP) is 3.79. The van der Waals surface area contributed by atoms with Crippen molar-refractivity contribution < 1.29 is 9.84 Å². The van der Waals surface area contributed by atoms with Crippen molar-refractivity contribution in [2.24, 2.45) is 0 Å². The number of hydrogen-bond acceptors (Lipinski definition) is 2. The van der Waals surface area contributed by atoms with Gasteiger partial charge in [-0.05, 0) is 29.3 Å². The molecule has 3 heteroatoms. The lowest BCUT2D eigenvalue weighted by Crippen LogP contribution is -1.95. The Balaban J connectivity index is 1.90. The van der Waals surface area contributed by atoms with E-state index in [1.165, 1.54) is 0 Å². The van der Waals surface area contributed by atoms with Crippen molar-refractivity contribution in [3.05, 3.63) is 70.2 Å². The maximum absolute atomic E-state index is 8.71. The molecular formula is C18H17ClO2. The third-order valence-electron chi connectivity index (χ3n) is 2.88. The minimum atomic E-state index is 0.0909. The first-order valence-corrected chi connectivity index (χ1v) is 7.17. The maximum Gasteiger partial charge on any atom is 0.0735 e. The molecule has 1 N–H and O–H groups in total. The van der Waals surface area contributed by atoms with Gasteiger partial charge in [-0.15, -0.1) is 0 Å². The molecule has 0 fully saturated rings. The Morgan fingerprint density at radius 3 is 2.71 bits per heavy atom. The van der Waals surface area contributed by atoms with E-state index < -0.39 is 0 Å². The topological polar surface area (TPSA) is 29.5 Å². The van der Waals surface area contributed by atoms with Gasteiger partial charge in [-0.25, -0.2) is 0 Å². The minimum Gasteiger partial charge on any atom is -0.395 e. The Morgan fingerprint density at radius 2 is 1.90 bits per heavy atom. The molecule has 0 aliphatic rings. The summed E-state index contributed by atoms with van der Waals surface area (Å²) < 4.78 is 5.69. The lowest BCUT2D eigenvalue weighted by atomic mass is 10.1. The van der Waals surface area contributed by atoms with Crippen molar-refractivity contribution >= 4 is 11.6 Å². The second-order valence-electron chi connectivity index (χ2n) is 4.56. The smallest absolute Gasteiger partial charge is 0.0735 e. The van der Waals surface area contributed by atoms with E-state index in [9.17, 15) is 0 Å². The Bertz CT molecular complexity index is 641. The van der Waals surface area contributed by atoms with Gasteiger partial charge in [0.15, 0.2) is 0 Å². The number of aliphatic hydroxyl groups excluding tert-OH is 1. The van der Waals surface area contributed by atoms with Crippen molar-refractivity contribution in [1.29, 1.82) is 0 Å². The molecule has 21 heavy (non-hydrogen) atoms. The van der Waals surface area contributed by atoms with Gasteiger partial charge in [-0.3, -0.25) is 0 Å². The zero-order valence-electron chi connectivity index (χ0n) is 11.7. The molecule has 0 heterocycles. The first kappa shape index (κ1) is 15.6. The molecule has 0 atom stereocenters. The van der Waals surface area contributed by atoms with Crippen LogP contribution in [-0.4, -0.2) is 11.7 Å². The Morgan fingerprint density at radius 1 is 1.05 bits per heavy atom. The van der Waals surface area contributed by atoms with E-state index >= 15 is 0 Å². The first-order valence-electron chi connectivity index (χ1n) is 6.79. The van der Waals surface area contributed by atoms with Gasteiger partial charge < -0.3 is 9.84 Å². The summed E-state index contributed by atoms with van der Waals surface area (Å²) in [5.74, 6) is 5.93. The van der Waals surface area contributed by atoms with E-state index in [0.717, 1.165) is 21.7 Å². The van der Waals surface area contributed by atoms with E-state index in [-0.39, 0.29) is 6.61 Å². The SMILES string of the molecule is OCCC#Cc1cccc(COCc2ccccc2Cl)c1. The molecule has 108 valence electrons. The fourth-order valence-corrected chi connectivity index (χ4v) is 2.04. The highest BCUT2D eigenvalue weighted by Crippen LogP contribution is 2.16. The van der Waals surface area contributed by atoms with E-state index in [1.807, 2.05) is 48.5 Å². The summed E-state index contributed by atoms with van der Waals surface area (Å²) in [4.78, 5) is 0. The molecule has 0 saturated heterocycles. The second kappa shape index (κ2) is 8.49. The van der Waals surface area contributed by atoms with Crippen LogP contribution in [0.1, 0.15) is 23.1 Å². The lowest BCUT2D eigenvalue weighted by molar-refractivity contribution is 0.107. The standard InChI is InChI=1S/C18H17ClO2/c19-18-10-2-1-9-17(18)14-21-13-16-8-5-7-15(12-16)6-3-4-11-20/h1-2,5,7-10,12,20H,4,11,13-14H2. The highest BCUT2D eigenvalue weighted by atomic mass is 35.5. The first-order chi connectivity index (χ1) is 10.3. The van der Waals surface area contributed by atoms with Gasteiger partial charge in [-0.1, -0.05) is 53.8 Å². The van der Waals surface area contributed by atoms with Crippen molar-refractivity contribution in [3.8, 4) is 11.8 Å². The van der Waals surface area contributed by atoms with Crippen molar-refractivity contribution in [3.63, 3.8) is 0 Å². The fraction of sp³-hybridized carbons (Fsp3) is 0.222. The molecule has 0 bridgehead atoms. The largest absolute Gasteiger partial charge is 0.395 e. The van der Waals surface area contributed by atoms with Crippen LogP contribution in [0.4, 0.5) is 0 Å². The second-order valence-corrected chi connectivity index (χ2v) is 4.97. The summed E-state index contributed by atoms with van der Waals surface area (Å²) >= 11 is 6.08. The summed E-state index contributed by atoms with van der Waals surface area (Å²) in [5.41, 5.74) is 2.98. The summed E-state index contributed by atoms with van der Waals surface area (Å²) in [6.45, 7) is 1.09. The zero-order chi connectivity index (χ0) is 14.9. The van der Waals surface area contributed by atoms with Gasteiger partial charge in [0.2, 0.25) is 0 Å². The van der Waals surface area contributed by atoms with Gasteiger partial charge >= 0.3 is 0 Å². The van der Waals surface area contributed by atoms with Crippen molar-refractivity contribution in [1.82, 2.24) is 0 Å². The van der Waals surface area contributed by atoms with Gasteiger partial charge in [0.25, 0.3) is 0 Å². The third-order valence-corrected chi connectivity index (χ3v) is 3.25. The molecule has 0 aliphatic heterocycles. The Hall–Kier alpha value is -1.79. The molecule has 0 aromatic heterocycles. The van der Waals surface area contributed by atoms with E-state index in [1.54, 1.807) is 0 Å². The van der Waals surface area contributed by atoms with Gasteiger partial charge in [0.05, 0.1) is 19.8 Å². The fourth-order valence-electron chi connectivity index (χ4n) is 1.85. The average molecular weight is 301 g/mol. The van der Waals surface area contributed by atoms with Crippen LogP contribution in [0, 0.1) is 11.8 Å². The Kier molecular flexibility index (Phi) is 6.30. The monoisotopic (exact) mass is 300 g/mol. The highest BCUT2D eigenvalue weighted by molar-refractivity contribution is 6.31. The number of ether oxygens (including phenoxy) is 1. The van der Waals surface area contributed by atoms with E-state index in [4.69, 9.17) is 21.4 Å². The normalized spacial score (nSPS) is 10.0. The summed E-state index contributed by atoms with van der Waals surface area (Å²) in [6, 6.07) is 15.6. The summed E-state index contributed by atoms with van der Waals surface area (Å²) in [5, 5.41) is 9.44. The lowest BCUT2D eigenvalue weighted by Gasteiger charge is -2.06. The van der Waals surface area contributed by atoms with Crippen molar-refractivity contribution in [2.75, 3.05) is 6.61 Å². The average Bonchev–Trinajstić information content (AvgIpc) is 2.50. The number of benzene rings is 2. The van der Waals surface area contributed by atoms with Gasteiger partial charge in [0, 0.05) is 17.0 Å². The minimum absolute atomic E-state index is 0.0909. The zero-order valence-corrected chi connectivity index (χ0v) is 12.4. The predicted molar refractivity (Wildman–Crippen MR) is 85.0 cm³/mol. The number of aliphatic hydroxyl groups is 1. The molecule has 0 saturated carbocycles. The number of hydrogen-bond donors (Lipinski definition) is 1. The van der Waals surface area contributed by atoms with Crippen LogP contribution >= 0.6 is 11.6 Å². The quantitative estimate of drug-likeness (QED) is 0.851. The summed E-state index contributed by atoms with van der Waals surface area (Å²) in [7, 11) is 0. The van der Waals surface area contributed by atoms with E-state index in [0.29, 0.717) is 19.6 Å². The van der Waals surface area contributed by atoms with Crippen LogP contribution in [0.15, 0.2) is 48.5 Å². The van der Waals surface area contributed by atoms with Gasteiger partial charge in [0.1, 0.15) is 0 Å². The summed E-state index contributed by atoms with van der Waals surface area (Å²) in [6.07, 6.45) is 0.493. The van der Waals surface area contributed by atoms with Crippen LogP contribution in [-0.2, 0) is 18.0 Å². The van der Waals surface area contributed by atoms with Crippen LogP contribution < -0.4 is 0 Å². The number of halogens is 1. The molecule has 2 aromatic rings. The van der Waals surface area contributed by atoms with Gasteiger partial charge in [-0.2, -0.15) is 0 Å². The molecule has 0 radical (unpaired) electrons. The van der Waals surface area contributed by atoms with Crippen LogP contribution in [0.25, 0.3) is 0 Å². The molecule has 2 aromatic carbocycles. The van der Waals surface area contributed by atoms with Crippen molar-refractivity contribution in [2.45, 2.75) is 19.6 Å². The molecule has 0 unspecified atom stereocenters. The van der Waals surface area contributed by atoms with Crippen LogP contribution in [0.3, 0.4) is 0 Å². The van der Waals surface area contributed by atoms with Crippen LogP contribution in [0.5, 0.6) is 0 Å². The third kappa shape index (κ3) is 5.24. The maximum atomic E-state index is 8.71. The van der Waals surface area contributed by atoms with Crippen LogP contribution in [0.2, 0.25) is 5.02 Å². The molecule has 2 nitrogen and oxygen atoms in total. The highest BCUT2D eigenvalue weighted by Gasteiger charge is 2.00.